The third-order valence-electron chi connectivity index (χ3n) is 19.8. The Kier molecular flexibility index (Phi) is 49.4. The van der Waals surface area contributed by atoms with Crippen LogP contribution in [0.25, 0.3) is 0 Å². The van der Waals surface area contributed by atoms with Gasteiger partial charge in [-0.1, -0.05) is 193 Å². The quantitative estimate of drug-likeness (QED) is 0.0113. The largest absolute Gasteiger partial charge is 0.494 e. The molecule has 0 bridgehead atoms. The molecule has 0 unspecified atom stereocenters. The first-order chi connectivity index (χ1) is 57.7. The summed E-state index contributed by atoms with van der Waals surface area (Å²) in [6, 6.07) is 37.4. The topological polar surface area (TPSA) is 247 Å². The highest BCUT2D eigenvalue weighted by molar-refractivity contribution is 5.94. The molecular formula is C98H126O20. The fraction of sp³-hybridized carbons (Fsp3) is 0.469. The predicted molar refractivity (Wildman–Crippen MR) is 459 cm³/mol. The summed E-state index contributed by atoms with van der Waals surface area (Å²) in [7, 11) is 0. The zero-order valence-electron chi connectivity index (χ0n) is 69.5. The van der Waals surface area contributed by atoms with Crippen LogP contribution < -0.4 is 37.9 Å². The van der Waals surface area contributed by atoms with Gasteiger partial charge in [0.2, 0.25) is 0 Å². The van der Waals surface area contributed by atoms with Gasteiger partial charge in [0.15, 0.2) is 0 Å². The Hall–Kier alpha value is -10.8. The lowest BCUT2D eigenvalue weighted by molar-refractivity contribution is -0.138. The molecule has 0 saturated carbocycles. The van der Waals surface area contributed by atoms with E-state index in [-0.39, 0.29) is 35.4 Å². The molecule has 0 spiro atoms. The zero-order valence-corrected chi connectivity index (χ0v) is 69.5. The highest BCUT2D eigenvalue weighted by Crippen LogP contribution is 2.32. The minimum atomic E-state index is -0.565. The van der Waals surface area contributed by atoms with E-state index in [2.05, 4.69) is 26.3 Å². The Bertz CT molecular complexity index is 3680. The monoisotopic (exact) mass is 1620 g/mol. The maximum absolute atomic E-state index is 13.9. The van der Waals surface area contributed by atoms with Crippen LogP contribution in [0.4, 0.5) is 0 Å². The fourth-order valence-electron chi connectivity index (χ4n) is 13.0. The molecule has 0 aliphatic carbocycles. The van der Waals surface area contributed by atoms with Gasteiger partial charge in [0.1, 0.15) is 46.0 Å². The third kappa shape index (κ3) is 42.4. The van der Waals surface area contributed by atoms with Gasteiger partial charge in [0.05, 0.1) is 75.1 Å². The van der Waals surface area contributed by atoms with Crippen molar-refractivity contribution >= 4 is 47.8 Å². The van der Waals surface area contributed by atoms with Crippen molar-refractivity contribution in [3.63, 3.8) is 0 Å². The van der Waals surface area contributed by atoms with Gasteiger partial charge in [-0.15, -0.1) is 0 Å². The Balaban J connectivity index is 1.05. The smallest absolute Gasteiger partial charge is 0.343 e. The first-order valence-electron chi connectivity index (χ1n) is 43.0. The second kappa shape index (κ2) is 60.7. The van der Waals surface area contributed by atoms with Gasteiger partial charge in [-0.3, -0.25) is 0 Å². The van der Waals surface area contributed by atoms with Crippen LogP contribution in [0, 0.1) is 0 Å². The van der Waals surface area contributed by atoms with Gasteiger partial charge in [-0.2, -0.15) is 0 Å². The van der Waals surface area contributed by atoms with Crippen molar-refractivity contribution < 1.29 is 95.2 Å². The molecule has 6 aromatic rings. The molecule has 6 rings (SSSR count). The standard InChI is InChI=1S/C98H126O20/c1-5-91(99)111-71-41-31-21-13-9-17-27-37-67-107-83-55-47-77(48-56-83)95(103)115-87-63-65-89(117-97(105)79-51-59-85(60-52-79)109-69-39-29-19-11-15-23-33-43-73-113-93(101)7-3)81(75-87)45-35-25-26-36-46-82-76-88(116-96(104)78-49-57-84(58-50-78)108-68-38-28-18-10-14-22-32-42-72-112-92(100)6-2)64-66-90(82)118-98(106)80-53-61-86(62-54-80)110-70-40-30-20-12-16-24-34-44-74-114-94(102)8-4/h5-8,47-66,75-76H,1-4,9-46,67-74H2. The molecule has 0 heterocycles. The van der Waals surface area contributed by atoms with E-state index in [9.17, 15) is 38.4 Å². The van der Waals surface area contributed by atoms with Crippen LogP contribution in [-0.2, 0) is 51.0 Å². The maximum Gasteiger partial charge on any atom is 0.343 e. The lowest BCUT2D eigenvalue weighted by atomic mass is 10.0. The molecule has 20 heteroatoms. The van der Waals surface area contributed by atoms with Crippen LogP contribution in [0.1, 0.15) is 284 Å². The molecule has 0 fully saturated rings. The van der Waals surface area contributed by atoms with E-state index in [1.807, 2.05) is 0 Å². The van der Waals surface area contributed by atoms with E-state index in [1.54, 1.807) is 133 Å². The second-order valence-electron chi connectivity index (χ2n) is 29.3. The number of ether oxygens (including phenoxy) is 12. The maximum atomic E-state index is 13.9. The van der Waals surface area contributed by atoms with Crippen LogP contribution in [0.5, 0.6) is 46.0 Å². The Morgan fingerprint density at radius 3 is 0.619 bits per heavy atom. The molecule has 20 nitrogen and oxygen atoms in total. The number of hydrogen-bond acceptors (Lipinski definition) is 20. The van der Waals surface area contributed by atoms with E-state index in [4.69, 9.17) is 56.8 Å². The molecule has 0 aliphatic rings. The molecule has 0 aromatic heterocycles. The molecule has 6 aromatic carbocycles. The average molecular weight is 1620 g/mol. The SMILES string of the molecule is C=CC(=O)OCCCCCCCCCCOc1ccc(C(=O)Oc2ccc(OC(=O)c3ccc(OCCCCCCCCCCOC(=O)C=C)cc3)c(CCCCCCc3cc(OC(=O)c4ccc(OCCCCCCCCCCOC(=O)C=C)cc4)ccc3OC(=O)c3ccc(OCCCCCCCCCCOC(=O)C=C)cc3)c2)cc1. The Labute approximate surface area is 699 Å². The molecule has 118 heavy (non-hydrogen) atoms. The first kappa shape index (κ1) is 96.1. The number of rotatable bonds is 67. The fourth-order valence-corrected chi connectivity index (χ4v) is 13.0. The number of aryl methyl sites for hydroxylation is 2. The van der Waals surface area contributed by atoms with E-state index in [1.165, 1.54) is 24.3 Å². The molecule has 638 valence electrons. The van der Waals surface area contributed by atoms with Gasteiger partial charge < -0.3 is 56.8 Å². The van der Waals surface area contributed by atoms with Gasteiger partial charge in [-0.05, 0) is 222 Å². The van der Waals surface area contributed by atoms with Crippen LogP contribution in [0.15, 0.2) is 184 Å². The summed E-state index contributed by atoms with van der Waals surface area (Å²) < 4.78 is 68.4. The normalized spacial score (nSPS) is 10.8. The molecule has 0 aliphatic heterocycles. The highest BCUT2D eigenvalue weighted by Gasteiger charge is 2.20. The number of hydrogen-bond donors (Lipinski definition) is 0. The summed E-state index contributed by atoms with van der Waals surface area (Å²) in [5.41, 5.74) is 2.66. The molecular weight excluding hydrogens is 1500 g/mol. The van der Waals surface area contributed by atoms with Crippen molar-refractivity contribution in [1.29, 1.82) is 0 Å². The van der Waals surface area contributed by atoms with Crippen LogP contribution in [0.3, 0.4) is 0 Å². The van der Waals surface area contributed by atoms with Crippen molar-refractivity contribution in [3.8, 4) is 46.0 Å². The Morgan fingerprint density at radius 2 is 0.398 bits per heavy atom. The predicted octanol–water partition coefficient (Wildman–Crippen LogP) is 22.8. The minimum absolute atomic E-state index is 0.277. The summed E-state index contributed by atoms with van der Waals surface area (Å²) in [6.45, 7) is 17.6. The van der Waals surface area contributed by atoms with E-state index in [0.717, 1.165) is 218 Å². The summed E-state index contributed by atoms with van der Waals surface area (Å²) in [5, 5.41) is 0. The first-order valence-corrected chi connectivity index (χ1v) is 43.0. The number of carbonyl (C=O) groups is 8. The van der Waals surface area contributed by atoms with Crippen molar-refractivity contribution in [2.75, 3.05) is 52.9 Å². The van der Waals surface area contributed by atoms with E-state index < -0.39 is 23.9 Å². The lowest BCUT2D eigenvalue weighted by Gasteiger charge is -2.14. The van der Waals surface area contributed by atoms with Crippen molar-refractivity contribution in [3.05, 3.63) is 217 Å². The van der Waals surface area contributed by atoms with Crippen LogP contribution in [-0.4, -0.2) is 101 Å². The zero-order chi connectivity index (χ0) is 84.1. The summed E-state index contributed by atoms with van der Waals surface area (Å²) in [4.78, 5) is 100. The van der Waals surface area contributed by atoms with Gasteiger partial charge in [0.25, 0.3) is 0 Å². The highest BCUT2D eigenvalue weighted by atomic mass is 16.6. The third-order valence-corrected chi connectivity index (χ3v) is 19.8. The number of esters is 8. The van der Waals surface area contributed by atoms with Crippen molar-refractivity contribution in [2.45, 2.75) is 244 Å². The van der Waals surface area contributed by atoms with Gasteiger partial charge in [-0.25, -0.2) is 38.4 Å². The molecule has 0 atom stereocenters. The van der Waals surface area contributed by atoms with Crippen LogP contribution in [0.2, 0.25) is 0 Å². The number of carbonyl (C=O) groups excluding carboxylic acids is 8. The summed E-state index contributed by atoms with van der Waals surface area (Å²) in [6.07, 6.45) is 41.5. The van der Waals surface area contributed by atoms with E-state index in [0.29, 0.717) is 146 Å². The molecule has 0 radical (unpaired) electrons. The number of unbranched alkanes of at least 4 members (excludes halogenated alkanes) is 31. The molecule has 0 saturated heterocycles. The van der Waals surface area contributed by atoms with Crippen LogP contribution >= 0.6 is 0 Å². The number of benzene rings is 6. The lowest BCUT2D eigenvalue weighted by Crippen LogP contribution is -2.11. The molecule has 0 amide bonds. The van der Waals surface area contributed by atoms with E-state index >= 15 is 0 Å². The average Bonchev–Trinajstić information content (AvgIpc) is 0.836. The molecule has 0 N–H and O–H groups in total. The van der Waals surface area contributed by atoms with Crippen molar-refractivity contribution in [1.82, 2.24) is 0 Å². The minimum Gasteiger partial charge on any atom is -0.494 e. The Morgan fingerprint density at radius 1 is 0.212 bits per heavy atom. The second-order valence-corrected chi connectivity index (χ2v) is 29.3. The van der Waals surface area contributed by atoms with Crippen molar-refractivity contribution in [2.24, 2.45) is 0 Å². The summed E-state index contributed by atoms with van der Waals surface area (Å²) in [5.74, 6) is -0.0152. The van der Waals surface area contributed by atoms with Gasteiger partial charge in [0, 0.05) is 24.3 Å². The van der Waals surface area contributed by atoms with Gasteiger partial charge >= 0.3 is 47.8 Å². The summed E-state index contributed by atoms with van der Waals surface area (Å²) >= 11 is 0.